The van der Waals surface area contributed by atoms with E-state index < -0.39 is 9.84 Å². The van der Waals surface area contributed by atoms with Crippen LogP contribution in [0.2, 0.25) is 0 Å². The largest absolute Gasteiger partial charge is 0.229 e. The third-order valence-electron chi connectivity index (χ3n) is 3.89. The summed E-state index contributed by atoms with van der Waals surface area (Å²) < 4.78 is 23.4. The maximum atomic E-state index is 11.7. The molecule has 3 heteroatoms. The Morgan fingerprint density at radius 3 is 1.86 bits per heavy atom. The normalized spacial score (nSPS) is 25.6. The summed E-state index contributed by atoms with van der Waals surface area (Å²) in [6, 6.07) is 0. The second-order valence-corrected chi connectivity index (χ2v) is 7.42. The molecule has 0 saturated carbocycles. The second kappa shape index (κ2) is 3.84. The van der Waals surface area contributed by atoms with Crippen LogP contribution in [0.3, 0.4) is 0 Å². The first kappa shape index (κ1) is 12.0. The maximum absolute atomic E-state index is 11.7. The van der Waals surface area contributed by atoms with Gasteiger partial charge in [-0.15, -0.1) is 0 Å². The highest BCUT2D eigenvalue weighted by atomic mass is 32.2. The van der Waals surface area contributed by atoms with E-state index in [0.29, 0.717) is 23.3 Å². The summed E-state index contributed by atoms with van der Waals surface area (Å²) in [6.45, 7) is 8.61. The van der Waals surface area contributed by atoms with E-state index in [0.717, 1.165) is 12.8 Å². The lowest BCUT2D eigenvalue weighted by Crippen LogP contribution is -2.44. The molecule has 0 aliphatic carbocycles. The third-order valence-corrected chi connectivity index (χ3v) is 5.77. The molecule has 1 rings (SSSR count). The van der Waals surface area contributed by atoms with Gasteiger partial charge in [0.25, 0.3) is 0 Å². The average molecular weight is 218 g/mol. The molecule has 14 heavy (non-hydrogen) atoms. The van der Waals surface area contributed by atoms with Gasteiger partial charge < -0.3 is 0 Å². The van der Waals surface area contributed by atoms with Crippen LogP contribution >= 0.6 is 0 Å². The standard InChI is InChI=1S/C11H22O2S/c1-9(2)11(10(3)4)6-5-7-14(12,13)8-11/h9-10H,5-8H2,1-4H3. The lowest BCUT2D eigenvalue weighted by molar-refractivity contribution is 0.121. The lowest BCUT2D eigenvalue weighted by atomic mass is 9.67. The summed E-state index contributed by atoms with van der Waals surface area (Å²) in [6.07, 6.45) is 1.92. The Morgan fingerprint density at radius 1 is 1.07 bits per heavy atom. The molecule has 2 nitrogen and oxygen atoms in total. The Balaban J connectivity index is 3.00. The Kier molecular flexibility index (Phi) is 3.30. The zero-order valence-corrected chi connectivity index (χ0v) is 10.5. The summed E-state index contributed by atoms with van der Waals surface area (Å²) in [5.74, 6) is 1.71. The van der Waals surface area contributed by atoms with Gasteiger partial charge in [-0.1, -0.05) is 27.7 Å². The summed E-state index contributed by atoms with van der Waals surface area (Å²) in [7, 11) is -2.78. The molecule has 1 fully saturated rings. The fraction of sp³-hybridized carbons (Fsp3) is 1.00. The summed E-state index contributed by atoms with van der Waals surface area (Å²) in [4.78, 5) is 0. The van der Waals surface area contributed by atoms with E-state index in [1.54, 1.807) is 0 Å². The fourth-order valence-corrected chi connectivity index (χ4v) is 5.11. The molecule has 0 unspecified atom stereocenters. The van der Waals surface area contributed by atoms with Crippen LogP contribution < -0.4 is 0 Å². The smallest absolute Gasteiger partial charge is 0.150 e. The molecule has 0 aromatic carbocycles. The topological polar surface area (TPSA) is 34.1 Å². The van der Waals surface area contributed by atoms with Crippen molar-refractivity contribution in [3.05, 3.63) is 0 Å². The number of sulfone groups is 1. The molecule has 1 saturated heterocycles. The van der Waals surface area contributed by atoms with Crippen molar-refractivity contribution in [2.45, 2.75) is 40.5 Å². The zero-order chi connectivity index (χ0) is 11.0. The van der Waals surface area contributed by atoms with Gasteiger partial charge in [-0.2, -0.15) is 0 Å². The highest BCUT2D eigenvalue weighted by Crippen LogP contribution is 2.44. The number of hydrogen-bond acceptors (Lipinski definition) is 2. The molecule has 1 aliphatic rings. The van der Waals surface area contributed by atoms with E-state index in [-0.39, 0.29) is 5.41 Å². The van der Waals surface area contributed by atoms with E-state index >= 15 is 0 Å². The molecule has 0 radical (unpaired) electrons. The average Bonchev–Trinajstić information content (AvgIpc) is 2.01. The van der Waals surface area contributed by atoms with E-state index in [4.69, 9.17) is 0 Å². The number of hydrogen-bond donors (Lipinski definition) is 0. The van der Waals surface area contributed by atoms with Crippen molar-refractivity contribution in [3.8, 4) is 0 Å². The molecule has 1 aliphatic heterocycles. The minimum absolute atomic E-state index is 0.0249. The van der Waals surface area contributed by atoms with Gasteiger partial charge in [0.05, 0.1) is 11.5 Å². The van der Waals surface area contributed by atoms with Crippen LogP contribution in [-0.4, -0.2) is 19.9 Å². The van der Waals surface area contributed by atoms with Crippen LogP contribution in [0.25, 0.3) is 0 Å². The van der Waals surface area contributed by atoms with Crippen LogP contribution in [0.1, 0.15) is 40.5 Å². The van der Waals surface area contributed by atoms with Gasteiger partial charge in [0.2, 0.25) is 0 Å². The van der Waals surface area contributed by atoms with Crippen LogP contribution in [0, 0.1) is 17.3 Å². The van der Waals surface area contributed by atoms with E-state index in [1.165, 1.54) is 0 Å². The van der Waals surface area contributed by atoms with Crippen LogP contribution in [-0.2, 0) is 9.84 Å². The van der Waals surface area contributed by atoms with Gasteiger partial charge >= 0.3 is 0 Å². The van der Waals surface area contributed by atoms with Gasteiger partial charge in [-0.05, 0) is 30.1 Å². The predicted molar refractivity (Wildman–Crippen MR) is 60.0 cm³/mol. The van der Waals surface area contributed by atoms with E-state index in [9.17, 15) is 8.42 Å². The molecule has 0 spiro atoms. The van der Waals surface area contributed by atoms with Gasteiger partial charge in [0.15, 0.2) is 9.84 Å². The predicted octanol–water partition coefficient (Wildman–Crippen LogP) is 2.49. The Hall–Kier alpha value is -0.0500. The molecular weight excluding hydrogens is 196 g/mol. The quantitative estimate of drug-likeness (QED) is 0.713. The van der Waals surface area contributed by atoms with Crippen LogP contribution in [0.4, 0.5) is 0 Å². The number of rotatable bonds is 2. The second-order valence-electron chi connectivity index (χ2n) is 5.24. The lowest BCUT2D eigenvalue weighted by Gasteiger charge is -2.44. The molecule has 0 aromatic heterocycles. The van der Waals surface area contributed by atoms with Gasteiger partial charge in [0, 0.05) is 0 Å². The summed E-state index contributed by atoms with van der Waals surface area (Å²) in [5, 5.41) is 0. The van der Waals surface area contributed by atoms with Crippen LogP contribution in [0.15, 0.2) is 0 Å². The Bertz CT molecular complexity index is 280. The van der Waals surface area contributed by atoms with Crippen molar-refractivity contribution in [1.82, 2.24) is 0 Å². The highest BCUT2D eigenvalue weighted by Gasteiger charge is 2.43. The van der Waals surface area contributed by atoms with Crippen molar-refractivity contribution < 1.29 is 8.42 Å². The summed E-state index contributed by atoms with van der Waals surface area (Å²) >= 11 is 0. The molecule has 0 amide bonds. The van der Waals surface area contributed by atoms with Crippen molar-refractivity contribution >= 4 is 9.84 Å². The monoisotopic (exact) mass is 218 g/mol. The van der Waals surface area contributed by atoms with Gasteiger partial charge in [-0.3, -0.25) is 0 Å². The molecule has 1 heterocycles. The van der Waals surface area contributed by atoms with Crippen molar-refractivity contribution in [3.63, 3.8) is 0 Å². The fourth-order valence-electron chi connectivity index (χ4n) is 2.75. The molecule has 0 N–H and O–H groups in total. The Labute approximate surface area is 88.0 Å². The zero-order valence-electron chi connectivity index (χ0n) is 9.71. The van der Waals surface area contributed by atoms with Crippen molar-refractivity contribution in [1.29, 1.82) is 0 Å². The third kappa shape index (κ3) is 2.13. The van der Waals surface area contributed by atoms with Gasteiger partial charge in [-0.25, -0.2) is 8.42 Å². The molecular formula is C11H22O2S. The minimum Gasteiger partial charge on any atom is -0.229 e. The van der Waals surface area contributed by atoms with E-state index in [2.05, 4.69) is 27.7 Å². The SMILES string of the molecule is CC(C)C1(C(C)C)CCCS(=O)(=O)C1. The van der Waals surface area contributed by atoms with Gasteiger partial charge in [0.1, 0.15) is 0 Å². The van der Waals surface area contributed by atoms with Crippen molar-refractivity contribution in [2.75, 3.05) is 11.5 Å². The molecule has 84 valence electrons. The maximum Gasteiger partial charge on any atom is 0.150 e. The van der Waals surface area contributed by atoms with E-state index in [1.807, 2.05) is 0 Å². The Morgan fingerprint density at radius 2 is 1.57 bits per heavy atom. The first-order valence-electron chi connectivity index (χ1n) is 5.50. The minimum atomic E-state index is -2.78. The molecule has 0 atom stereocenters. The molecule has 0 aromatic rings. The summed E-state index contributed by atoms with van der Waals surface area (Å²) in [5.41, 5.74) is 0.0249. The van der Waals surface area contributed by atoms with Crippen LogP contribution in [0.5, 0.6) is 0 Å². The van der Waals surface area contributed by atoms with Crippen molar-refractivity contribution in [2.24, 2.45) is 17.3 Å². The first-order valence-corrected chi connectivity index (χ1v) is 7.33. The highest BCUT2D eigenvalue weighted by molar-refractivity contribution is 7.91. The first-order chi connectivity index (χ1) is 6.30. The molecule has 0 bridgehead atoms.